The highest BCUT2D eigenvalue weighted by molar-refractivity contribution is 7.85. The molecule has 0 aliphatic heterocycles. The molecule has 6 nitrogen and oxygen atoms in total. The summed E-state index contributed by atoms with van der Waals surface area (Å²) in [6.07, 6.45) is 2.00. The lowest BCUT2D eigenvalue weighted by Crippen LogP contribution is -2.24. The Labute approximate surface area is 161 Å². The molecule has 2 aromatic rings. The Kier molecular flexibility index (Phi) is 9.71. The summed E-state index contributed by atoms with van der Waals surface area (Å²) in [4.78, 5) is 20.9. The molecule has 144 valence electrons. The number of carboxylic acid groups (broad SMARTS) is 2. The summed E-state index contributed by atoms with van der Waals surface area (Å²) in [6.45, 7) is 2.13. The fourth-order valence-corrected chi connectivity index (χ4v) is 3.35. The fourth-order valence-electron chi connectivity index (χ4n) is 2.10. The van der Waals surface area contributed by atoms with Gasteiger partial charge in [0.05, 0.1) is 10.8 Å². The van der Waals surface area contributed by atoms with Crippen molar-refractivity contribution in [3.05, 3.63) is 72.3 Å². The summed E-state index contributed by atoms with van der Waals surface area (Å²) in [5.74, 6) is -2.51. The molecule has 0 bridgehead atoms. The number of hydrogen-bond acceptors (Lipinski definition) is 4. The van der Waals surface area contributed by atoms with Crippen LogP contribution in [0.2, 0.25) is 0 Å². The third kappa shape index (κ3) is 8.44. The van der Waals surface area contributed by atoms with Crippen LogP contribution in [0.4, 0.5) is 0 Å². The lowest BCUT2D eigenvalue weighted by Gasteiger charge is -2.13. The van der Waals surface area contributed by atoms with Gasteiger partial charge < -0.3 is 15.5 Å². The maximum Gasteiger partial charge on any atom is 0.328 e. The van der Waals surface area contributed by atoms with Crippen molar-refractivity contribution in [2.75, 3.05) is 7.05 Å². The van der Waals surface area contributed by atoms with E-state index in [9.17, 15) is 13.8 Å². The lowest BCUT2D eigenvalue weighted by atomic mass is 10.1. The zero-order chi connectivity index (χ0) is 20.2. The molecule has 2 aromatic carbocycles. The molecule has 2 rings (SSSR count). The van der Waals surface area contributed by atoms with E-state index in [0.29, 0.717) is 18.2 Å². The Bertz CT molecular complexity index is 789. The second-order valence-electron chi connectivity index (χ2n) is 5.59. The third-order valence-corrected chi connectivity index (χ3v) is 5.02. The van der Waals surface area contributed by atoms with Crippen LogP contribution in [-0.4, -0.2) is 39.5 Å². The number of aliphatic carboxylic acids is 2. The summed E-state index contributed by atoms with van der Waals surface area (Å²) in [5, 5.41) is 18.8. The highest BCUT2D eigenvalue weighted by atomic mass is 32.2. The van der Waals surface area contributed by atoms with Gasteiger partial charge in [-0.15, -0.1) is 0 Å². The second-order valence-corrected chi connectivity index (χ2v) is 7.04. The SMILES string of the molecule is CNC(C)Cc1ccccc1S(=O)c1ccccc1.O=C(O)/C=C/C(=O)O. The van der Waals surface area contributed by atoms with Crippen molar-refractivity contribution in [2.24, 2.45) is 0 Å². The summed E-state index contributed by atoms with van der Waals surface area (Å²) in [5.41, 5.74) is 1.14. The average Bonchev–Trinajstić information content (AvgIpc) is 2.67. The molecule has 0 amide bonds. The van der Waals surface area contributed by atoms with E-state index in [2.05, 4.69) is 18.3 Å². The van der Waals surface area contributed by atoms with Gasteiger partial charge in [-0.3, -0.25) is 0 Å². The smallest absolute Gasteiger partial charge is 0.328 e. The van der Waals surface area contributed by atoms with E-state index in [0.717, 1.165) is 21.8 Å². The number of rotatable bonds is 7. The molecule has 0 aromatic heterocycles. The van der Waals surface area contributed by atoms with Gasteiger partial charge in [-0.1, -0.05) is 36.4 Å². The molecule has 0 radical (unpaired) electrons. The predicted octanol–water partition coefficient (Wildman–Crippen LogP) is 2.72. The number of nitrogens with one attached hydrogen (secondary N) is 1. The van der Waals surface area contributed by atoms with Gasteiger partial charge in [0.2, 0.25) is 0 Å². The summed E-state index contributed by atoms with van der Waals surface area (Å²) >= 11 is 0. The molecule has 7 heteroatoms. The summed E-state index contributed by atoms with van der Waals surface area (Å²) in [6, 6.07) is 17.9. The van der Waals surface area contributed by atoms with Crippen LogP contribution < -0.4 is 5.32 Å². The standard InChI is InChI=1S/C16H19NOS.C4H4O4/c1-13(17-2)12-14-8-6-7-11-16(14)19(18)15-9-4-3-5-10-15;5-3(6)1-2-4(7)8/h3-11,13,17H,12H2,1-2H3;1-2H,(H,5,6)(H,7,8)/b;2-1+. The van der Waals surface area contributed by atoms with Gasteiger partial charge in [0, 0.05) is 28.0 Å². The monoisotopic (exact) mass is 389 g/mol. The number of hydrogen-bond donors (Lipinski definition) is 3. The molecule has 2 unspecified atom stereocenters. The molecule has 0 aliphatic carbocycles. The molecule has 0 aliphatic rings. The van der Waals surface area contributed by atoms with Crippen molar-refractivity contribution in [3.63, 3.8) is 0 Å². The maximum absolute atomic E-state index is 12.6. The molecule has 3 N–H and O–H groups in total. The first kappa shape index (κ1) is 22.3. The molecular formula is C20H23NO5S. The minimum absolute atomic E-state index is 0.369. The molecular weight excluding hydrogens is 366 g/mol. The van der Waals surface area contributed by atoms with Crippen LogP contribution in [0, 0.1) is 0 Å². The van der Waals surface area contributed by atoms with Crippen molar-refractivity contribution < 1.29 is 24.0 Å². The number of carboxylic acids is 2. The van der Waals surface area contributed by atoms with E-state index in [-0.39, 0.29) is 0 Å². The molecule has 27 heavy (non-hydrogen) atoms. The van der Waals surface area contributed by atoms with Crippen molar-refractivity contribution in [1.82, 2.24) is 5.32 Å². The highest BCUT2D eigenvalue weighted by Gasteiger charge is 2.12. The Hall–Kier alpha value is -2.77. The van der Waals surface area contributed by atoms with Crippen LogP contribution in [-0.2, 0) is 26.8 Å². The molecule has 2 atom stereocenters. The van der Waals surface area contributed by atoms with Gasteiger partial charge in [0.15, 0.2) is 0 Å². The highest BCUT2D eigenvalue weighted by Crippen LogP contribution is 2.21. The molecule has 0 spiro atoms. The number of carbonyl (C=O) groups is 2. The molecule has 0 fully saturated rings. The lowest BCUT2D eigenvalue weighted by molar-refractivity contribution is -0.134. The van der Waals surface area contributed by atoms with Crippen LogP contribution >= 0.6 is 0 Å². The van der Waals surface area contributed by atoms with Gasteiger partial charge in [-0.2, -0.15) is 0 Å². The zero-order valence-electron chi connectivity index (χ0n) is 15.2. The van der Waals surface area contributed by atoms with Crippen LogP contribution in [0.25, 0.3) is 0 Å². The largest absolute Gasteiger partial charge is 0.478 e. The minimum atomic E-state index is -1.26. The van der Waals surface area contributed by atoms with Crippen molar-refractivity contribution in [3.8, 4) is 0 Å². The van der Waals surface area contributed by atoms with E-state index >= 15 is 0 Å². The Morgan fingerprint density at radius 3 is 2.04 bits per heavy atom. The van der Waals surface area contributed by atoms with Crippen LogP contribution in [0.5, 0.6) is 0 Å². The Morgan fingerprint density at radius 1 is 1.00 bits per heavy atom. The van der Waals surface area contributed by atoms with Gasteiger partial charge >= 0.3 is 11.9 Å². The van der Waals surface area contributed by atoms with Gasteiger partial charge in [-0.05, 0) is 44.2 Å². The van der Waals surface area contributed by atoms with E-state index in [1.165, 1.54) is 0 Å². The Balaban J connectivity index is 0.000000387. The topological polar surface area (TPSA) is 104 Å². The Morgan fingerprint density at radius 2 is 1.52 bits per heavy atom. The molecule has 0 saturated heterocycles. The number of benzene rings is 2. The summed E-state index contributed by atoms with van der Waals surface area (Å²) < 4.78 is 12.6. The van der Waals surface area contributed by atoms with Crippen molar-refractivity contribution in [1.29, 1.82) is 0 Å². The van der Waals surface area contributed by atoms with Crippen LogP contribution in [0.1, 0.15) is 12.5 Å². The number of likely N-dealkylation sites (N-methyl/N-ethyl adjacent to an activating group) is 1. The van der Waals surface area contributed by atoms with E-state index in [4.69, 9.17) is 10.2 Å². The third-order valence-electron chi connectivity index (χ3n) is 3.52. The first-order valence-corrected chi connectivity index (χ1v) is 9.36. The maximum atomic E-state index is 12.6. The van der Waals surface area contributed by atoms with Crippen LogP contribution in [0.15, 0.2) is 76.5 Å². The molecule has 0 saturated carbocycles. The fraction of sp³-hybridized carbons (Fsp3) is 0.200. The van der Waals surface area contributed by atoms with Crippen molar-refractivity contribution in [2.45, 2.75) is 29.2 Å². The van der Waals surface area contributed by atoms with Gasteiger partial charge in [0.25, 0.3) is 0 Å². The predicted molar refractivity (Wildman–Crippen MR) is 104 cm³/mol. The first-order valence-electron chi connectivity index (χ1n) is 8.21. The first-order chi connectivity index (χ1) is 12.8. The molecule has 0 heterocycles. The second kappa shape index (κ2) is 11.8. The van der Waals surface area contributed by atoms with Gasteiger partial charge in [0.1, 0.15) is 0 Å². The van der Waals surface area contributed by atoms with Gasteiger partial charge in [-0.25, -0.2) is 13.8 Å². The zero-order valence-corrected chi connectivity index (χ0v) is 16.0. The van der Waals surface area contributed by atoms with E-state index in [1.807, 2.05) is 55.6 Å². The van der Waals surface area contributed by atoms with Crippen molar-refractivity contribution >= 4 is 22.7 Å². The quantitative estimate of drug-likeness (QED) is 0.629. The average molecular weight is 389 g/mol. The van der Waals surface area contributed by atoms with E-state index < -0.39 is 22.7 Å². The van der Waals surface area contributed by atoms with Crippen LogP contribution in [0.3, 0.4) is 0 Å². The minimum Gasteiger partial charge on any atom is -0.478 e. The van der Waals surface area contributed by atoms with E-state index in [1.54, 1.807) is 0 Å². The summed E-state index contributed by atoms with van der Waals surface area (Å²) in [7, 11) is 0.841. The normalized spacial score (nSPS) is 12.7.